The fourth-order valence-corrected chi connectivity index (χ4v) is 2.26. The largest absolute Gasteiger partial charge is 0.477 e. The molecule has 0 heterocycles. The van der Waals surface area contributed by atoms with Gasteiger partial charge in [-0.15, -0.1) is 0 Å². The highest BCUT2D eigenvalue weighted by Gasteiger charge is 2.47. The van der Waals surface area contributed by atoms with Gasteiger partial charge in [0.2, 0.25) is 0 Å². The summed E-state index contributed by atoms with van der Waals surface area (Å²) >= 11 is 0. The maximum atomic E-state index is 11.8. The molecule has 2 N–H and O–H groups in total. The third-order valence-corrected chi connectivity index (χ3v) is 3.97. The zero-order chi connectivity index (χ0) is 15.6. The second-order valence-corrected chi connectivity index (χ2v) is 5.71. The standard InChI is InChI=1S/C14H18N2O5/c1-14(2)11(7-12(14)17)15-13(18)8-21-10-6-4-3-5-9(10)16(19)20/h3-6,11-12,17H,7-8H2,1-2H3,(H,15,18). The molecular weight excluding hydrogens is 276 g/mol. The van der Waals surface area contributed by atoms with E-state index in [0.29, 0.717) is 6.42 Å². The van der Waals surface area contributed by atoms with Gasteiger partial charge in [-0.05, 0) is 12.5 Å². The summed E-state index contributed by atoms with van der Waals surface area (Å²) in [5, 5.41) is 23.2. The van der Waals surface area contributed by atoms with Crippen molar-refractivity contribution in [3.8, 4) is 5.75 Å². The number of nitro groups is 1. The van der Waals surface area contributed by atoms with Crippen molar-refractivity contribution in [3.63, 3.8) is 0 Å². The van der Waals surface area contributed by atoms with E-state index in [1.54, 1.807) is 6.07 Å². The van der Waals surface area contributed by atoms with Gasteiger partial charge in [0.15, 0.2) is 12.4 Å². The Morgan fingerprint density at radius 3 is 2.76 bits per heavy atom. The van der Waals surface area contributed by atoms with Gasteiger partial charge in [0.25, 0.3) is 5.91 Å². The summed E-state index contributed by atoms with van der Waals surface area (Å²) in [5.74, 6) is -0.302. The van der Waals surface area contributed by atoms with Crippen LogP contribution < -0.4 is 10.1 Å². The van der Waals surface area contributed by atoms with Gasteiger partial charge < -0.3 is 15.2 Å². The van der Waals surface area contributed by atoms with Crippen molar-refractivity contribution in [1.82, 2.24) is 5.32 Å². The Labute approximate surface area is 122 Å². The van der Waals surface area contributed by atoms with Gasteiger partial charge in [-0.2, -0.15) is 0 Å². The number of nitrogens with one attached hydrogen (secondary N) is 1. The van der Waals surface area contributed by atoms with Crippen LogP contribution in [0.3, 0.4) is 0 Å². The molecule has 2 atom stereocenters. The minimum atomic E-state index is -0.557. The fourth-order valence-electron chi connectivity index (χ4n) is 2.26. The van der Waals surface area contributed by atoms with Crippen molar-refractivity contribution in [1.29, 1.82) is 0 Å². The molecule has 1 fully saturated rings. The Balaban J connectivity index is 1.89. The summed E-state index contributed by atoms with van der Waals surface area (Å²) in [6.45, 7) is 3.44. The number of hydrogen-bond donors (Lipinski definition) is 2. The van der Waals surface area contributed by atoms with Gasteiger partial charge in [0.1, 0.15) is 0 Å². The molecule has 2 unspecified atom stereocenters. The van der Waals surface area contributed by atoms with Crippen LogP contribution in [0.4, 0.5) is 5.69 Å². The van der Waals surface area contributed by atoms with Crippen molar-refractivity contribution in [2.24, 2.45) is 5.41 Å². The summed E-state index contributed by atoms with van der Waals surface area (Å²) in [6.07, 6.45) is 0.0726. The number of aliphatic hydroxyl groups excluding tert-OH is 1. The molecule has 7 nitrogen and oxygen atoms in total. The second kappa shape index (κ2) is 5.69. The lowest BCUT2D eigenvalue weighted by molar-refractivity contribution is -0.385. The SMILES string of the molecule is CC1(C)C(O)CC1NC(=O)COc1ccccc1[N+](=O)[O-]. The number of carbonyl (C=O) groups excluding carboxylic acids is 1. The van der Waals surface area contributed by atoms with Crippen molar-refractivity contribution in [3.05, 3.63) is 34.4 Å². The van der Waals surface area contributed by atoms with Gasteiger partial charge in [-0.3, -0.25) is 14.9 Å². The van der Waals surface area contributed by atoms with Crippen molar-refractivity contribution >= 4 is 11.6 Å². The van der Waals surface area contributed by atoms with Crippen LogP contribution in [-0.4, -0.2) is 34.7 Å². The van der Waals surface area contributed by atoms with Crippen molar-refractivity contribution in [2.75, 3.05) is 6.61 Å². The molecule has 1 amide bonds. The average Bonchev–Trinajstić information content (AvgIpc) is 2.45. The van der Waals surface area contributed by atoms with Gasteiger partial charge in [0, 0.05) is 17.5 Å². The molecule has 1 aliphatic rings. The molecule has 21 heavy (non-hydrogen) atoms. The number of benzene rings is 1. The summed E-state index contributed by atoms with van der Waals surface area (Å²) in [5.41, 5.74) is -0.543. The van der Waals surface area contributed by atoms with E-state index in [0.717, 1.165) is 0 Å². The Morgan fingerprint density at radius 2 is 2.19 bits per heavy atom. The number of ether oxygens (including phenoxy) is 1. The molecule has 1 aromatic carbocycles. The molecule has 1 aromatic rings. The summed E-state index contributed by atoms with van der Waals surface area (Å²) < 4.78 is 5.21. The van der Waals surface area contributed by atoms with Crippen LogP contribution in [-0.2, 0) is 4.79 Å². The monoisotopic (exact) mass is 294 g/mol. The van der Waals surface area contributed by atoms with Crippen LogP contribution in [0.15, 0.2) is 24.3 Å². The highest BCUT2D eigenvalue weighted by Crippen LogP contribution is 2.40. The lowest BCUT2D eigenvalue weighted by Gasteiger charge is -2.49. The first-order valence-electron chi connectivity index (χ1n) is 6.66. The zero-order valence-electron chi connectivity index (χ0n) is 11.9. The maximum absolute atomic E-state index is 11.8. The summed E-state index contributed by atoms with van der Waals surface area (Å²) in [6, 6.07) is 5.78. The van der Waals surface area contributed by atoms with Crippen molar-refractivity contribution < 1.29 is 19.6 Å². The topological polar surface area (TPSA) is 102 Å². The van der Waals surface area contributed by atoms with E-state index in [4.69, 9.17) is 4.74 Å². The van der Waals surface area contributed by atoms with Crippen LogP contribution >= 0.6 is 0 Å². The zero-order valence-corrected chi connectivity index (χ0v) is 11.9. The molecule has 1 aliphatic carbocycles. The van der Waals surface area contributed by atoms with Gasteiger partial charge in [-0.1, -0.05) is 26.0 Å². The molecule has 0 bridgehead atoms. The normalized spacial score (nSPS) is 23.0. The van der Waals surface area contributed by atoms with E-state index in [1.165, 1.54) is 18.2 Å². The first kappa shape index (κ1) is 15.2. The second-order valence-electron chi connectivity index (χ2n) is 5.71. The van der Waals surface area contributed by atoms with E-state index in [-0.39, 0.29) is 35.4 Å². The van der Waals surface area contributed by atoms with Crippen LogP contribution in [0.25, 0.3) is 0 Å². The molecule has 0 radical (unpaired) electrons. The van der Waals surface area contributed by atoms with Gasteiger partial charge >= 0.3 is 5.69 Å². The minimum Gasteiger partial charge on any atom is -0.477 e. The summed E-state index contributed by atoms with van der Waals surface area (Å²) in [7, 11) is 0. The number of amides is 1. The molecule has 2 rings (SSSR count). The number of hydrogen-bond acceptors (Lipinski definition) is 5. The van der Waals surface area contributed by atoms with Crippen molar-refractivity contribution in [2.45, 2.75) is 32.4 Å². The Bertz CT molecular complexity index is 558. The number of rotatable bonds is 5. The Kier molecular flexibility index (Phi) is 4.13. The lowest BCUT2D eigenvalue weighted by Crippen LogP contribution is -2.61. The molecule has 0 aliphatic heterocycles. The molecule has 114 valence electrons. The van der Waals surface area contributed by atoms with E-state index < -0.39 is 11.0 Å². The fraction of sp³-hybridized carbons (Fsp3) is 0.500. The number of nitrogens with zero attached hydrogens (tertiary/aromatic N) is 1. The van der Waals surface area contributed by atoms with E-state index >= 15 is 0 Å². The van der Waals surface area contributed by atoms with Crippen LogP contribution in [0.5, 0.6) is 5.75 Å². The number of nitro benzene ring substituents is 1. The Morgan fingerprint density at radius 1 is 1.52 bits per heavy atom. The third kappa shape index (κ3) is 3.13. The van der Waals surface area contributed by atoms with Crippen LogP contribution in [0.2, 0.25) is 0 Å². The van der Waals surface area contributed by atoms with Gasteiger partial charge in [-0.25, -0.2) is 0 Å². The average molecular weight is 294 g/mol. The summed E-state index contributed by atoms with van der Waals surface area (Å²) in [4.78, 5) is 22.1. The first-order chi connectivity index (χ1) is 9.82. The third-order valence-electron chi connectivity index (χ3n) is 3.97. The number of carbonyl (C=O) groups is 1. The lowest BCUT2D eigenvalue weighted by atomic mass is 9.64. The quantitative estimate of drug-likeness (QED) is 0.628. The number of para-hydroxylation sites is 2. The smallest absolute Gasteiger partial charge is 0.310 e. The predicted octanol–water partition coefficient (Wildman–Crippen LogP) is 1.25. The highest BCUT2D eigenvalue weighted by atomic mass is 16.6. The predicted molar refractivity (Wildman–Crippen MR) is 74.9 cm³/mol. The molecular formula is C14H18N2O5. The minimum absolute atomic E-state index is 0.0607. The van der Waals surface area contributed by atoms with E-state index in [2.05, 4.69) is 5.32 Å². The van der Waals surface area contributed by atoms with Crippen LogP contribution in [0.1, 0.15) is 20.3 Å². The number of aliphatic hydroxyl groups is 1. The van der Waals surface area contributed by atoms with E-state index in [1.807, 2.05) is 13.8 Å². The molecule has 7 heteroatoms. The van der Waals surface area contributed by atoms with Crippen LogP contribution in [0, 0.1) is 15.5 Å². The highest BCUT2D eigenvalue weighted by molar-refractivity contribution is 5.78. The molecule has 0 spiro atoms. The van der Waals surface area contributed by atoms with Gasteiger partial charge in [0.05, 0.1) is 11.0 Å². The molecule has 1 saturated carbocycles. The molecule has 0 saturated heterocycles. The maximum Gasteiger partial charge on any atom is 0.310 e. The van der Waals surface area contributed by atoms with E-state index in [9.17, 15) is 20.0 Å². The molecule has 0 aromatic heterocycles. The Hall–Kier alpha value is -2.15. The first-order valence-corrected chi connectivity index (χ1v) is 6.66.